The standard InChI is InChI=1S/C27H38N2O4S/c1-28-13-15-29(16-14-28)17-18-34(32,33)22-26-8-4-7-24(19-26)6-3-2-5-23-9-11-25(12-10-23)20-27(31)21-30/h4,7-12,19,30H,2-3,5-6,13-18,20-22H2,1H3. The van der Waals surface area contributed by atoms with E-state index in [0.717, 1.165) is 63.0 Å². The number of unbranched alkanes of at least 4 members (excludes halogenated alkanes) is 1. The van der Waals surface area contributed by atoms with Gasteiger partial charge in [-0.3, -0.25) is 9.69 Å². The van der Waals surface area contributed by atoms with E-state index in [1.807, 2.05) is 42.5 Å². The van der Waals surface area contributed by atoms with Crippen LogP contribution in [0.4, 0.5) is 0 Å². The lowest BCUT2D eigenvalue weighted by atomic mass is 10.0. The molecule has 1 heterocycles. The van der Waals surface area contributed by atoms with Crippen molar-refractivity contribution in [3.8, 4) is 0 Å². The van der Waals surface area contributed by atoms with Crippen LogP contribution < -0.4 is 0 Å². The van der Waals surface area contributed by atoms with E-state index in [1.165, 1.54) is 11.1 Å². The van der Waals surface area contributed by atoms with E-state index >= 15 is 0 Å². The number of Topliss-reactive ketones (excluding diaryl/α,β-unsaturated/α-hetero) is 1. The third-order valence-corrected chi connectivity index (χ3v) is 8.05. The van der Waals surface area contributed by atoms with Gasteiger partial charge in [-0.05, 0) is 55.0 Å². The van der Waals surface area contributed by atoms with Crippen LogP contribution in [-0.2, 0) is 39.6 Å². The quantitative estimate of drug-likeness (QED) is 0.439. The second-order valence-corrected chi connectivity index (χ2v) is 11.6. The van der Waals surface area contributed by atoms with Crippen LogP contribution in [0.25, 0.3) is 0 Å². The maximum Gasteiger partial charge on any atom is 0.162 e. The van der Waals surface area contributed by atoms with Crippen molar-refractivity contribution in [1.82, 2.24) is 9.80 Å². The van der Waals surface area contributed by atoms with Crippen molar-refractivity contribution < 1.29 is 18.3 Å². The van der Waals surface area contributed by atoms with Gasteiger partial charge < -0.3 is 10.0 Å². The highest BCUT2D eigenvalue weighted by atomic mass is 32.2. The van der Waals surface area contributed by atoms with Crippen LogP contribution in [0.5, 0.6) is 0 Å². The Morgan fingerprint density at radius 1 is 0.882 bits per heavy atom. The number of carbonyl (C=O) groups is 1. The van der Waals surface area contributed by atoms with Crippen LogP contribution in [0.2, 0.25) is 0 Å². The molecule has 1 fully saturated rings. The average Bonchev–Trinajstić information content (AvgIpc) is 2.82. The third-order valence-electron chi connectivity index (χ3n) is 6.47. The highest BCUT2D eigenvalue weighted by Crippen LogP contribution is 2.15. The molecule has 34 heavy (non-hydrogen) atoms. The zero-order chi connectivity index (χ0) is 24.4. The summed E-state index contributed by atoms with van der Waals surface area (Å²) in [5, 5.41) is 8.86. The van der Waals surface area contributed by atoms with Gasteiger partial charge in [0.15, 0.2) is 15.6 Å². The molecule has 0 aliphatic carbocycles. The van der Waals surface area contributed by atoms with Crippen LogP contribution in [-0.4, -0.2) is 81.2 Å². The first kappa shape index (κ1) is 26.5. The van der Waals surface area contributed by atoms with Crippen molar-refractivity contribution in [1.29, 1.82) is 0 Å². The van der Waals surface area contributed by atoms with Gasteiger partial charge in [0.2, 0.25) is 0 Å². The van der Waals surface area contributed by atoms with E-state index in [4.69, 9.17) is 5.11 Å². The van der Waals surface area contributed by atoms with Crippen LogP contribution >= 0.6 is 0 Å². The summed E-state index contributed by atoms with van der Waals surface area (Å²) in [7, 11) is -1.03. The summed E-state index contributed by atoms with van der Waals surface area (Å²) in [6, 6.07) is 16.0. The molecule has 0 bridgehead atoms. The molecule has 2 aromatic carbocycles. The Labute approximate surface area is 204 Å². The number of hydrogen-bond donors (Lipinski definition) is 1. The fraction of sp³-hybridized carbons (Fsp3) is 0.519. The van der Waals surface area contributed by atoms with Crippen molar-refractivity contribution in [2.45, 2.75) is 37.9 Å². The van der Waals surface area contributed by atoms with Crippen molar-refractivity contribution in [2.75, 3.05) is 52.1 Å². The molecule has 1 N–H and O–H groups in total. The number of sulfone groups is 1. The molecule has 0 unspecified atom stereocenters. The molecule has 3 rings (SSSR count). The number of rotatable bonds is 13. The molecular weight excluding hydrogens is 448 g/mol. The molecule has 1 aliphatic heterocycles. The summed E-state index contributed by atoms with van der Waals surface area (Å²) in [4.78, 5) is 15.9. The molecule has 0 spiro atoms. The minimum absolute atomic E-state index is 0.111. The van der Waals surface area contributed by atoms with Gasteiger partial charge in [0.1, 0.15) is 6.61 Å². The number of aryl methyl sites for hydroxylation is 2. The molecular formula is C27H38N2O4S. The van der Waals surface area contributed by atoms with Gasteiger partial charge in [-0.25, -0.2) is 8.42 Å². The third kappa shape index (κ3) is 9.29. The van der Waals surface area contributed by atoms with Crippen LogP contribution in [0.1, 0.15) is 35.1 Å². The number of aliphatic hydroxyl groups is 1. The Kier molecular flexibility index (Phi) is 10.3. The number of nitrogens with zero attached hydrogens (tertiary/aromatic N) is 2. The van der Waals surface area contributed by atoms with Gasteiger partial charge in [-0.2, -0.15) is 0 Å². The van der Waals surface area contributed by atoms with Gasteiger partial charge in [0, 0.05) is 39.1 Å². The first-order valence-electron chi connectivity index (χ1n) is 12.2. The number of piperazine rings is 1. The van der Waals surface area contributed by atoms with E-state index in [1.54, 1.807) is 0 Å². The van der Waals surface area contributed by atoms with E-state index in [9.17, 15) is 13.2 Å². The molecule has 6 nitrogen and oxygen atoms in total. The molecule has 7 heteroatoms. The lowest BCUT2D eigenvalue weighted by Crippen LogP contribution is -2.45. The monoisotopic (exact) mass is 486 g/mol. The molecule has 0 atom stereocenters. The molecule has 0 amide bonds. The summed E-state index contributed by atoms with van der Waals surface area (Å²) in [6.07, 6.45) is 4.25. The van der Waals surface area contributed by atoms with Crippen molar-refractivity contribution in [2.24, 2.45) is 0 Å². The topological polar surface area (TPSA) is 77.9 Å². The first-order valence-corrected chi connectivity index (χ1v) is 14.0. The Bertz CT molecular complexity index is 1010. The molecule has 1 aliphatic rings. The Morgan fingerprint density at radius 3 is 2.18 bits per heavy atom. The van der Waals surface area contributed by atoms with Crippen molar-refractivity contribution in [3.05, 3.63) is 70.8 Å². The number of aliphatic hydroxyl groups excluding tert-OH is 1. The highest BCUT2D eigenvalue weighted by Gasteiger charge is 2.18. The fourth-order valence-electron chi connectivity index (χ4n) is 4.31. The molecule has 0 aromatic heterocycles. The van der Waals surface area contributed by atoms with Gasteiger partial charge >= 0.3 is 0 Å². The van der Waals surface area contributed by atoms with Crippen LogP contribution in [0.3, 0.4) is 0 Å². The Hall–Kier alpha value is -2.06. The highest BCUT2D eigenvalue weighted by molar-refractivity contribution is 7.90. The summed E-state index contributed by atoms with van der Waals surface area (Å²) in [5.41, 5.74) is 4.23. The minimum Gasteiger partial charge on any atom is -0.389 e. The van der Waals surface area contributed by atoms with E-state index in [2.05, 4.69) is 22.9 Å². The van der Waals surface area contributed by atoms with Gasteiger partial charge in [-0.1, -0.05) is 48.5 Å². The maximum atomic E-state index is 12.7. The smallest absolute Gasteiger partial charge is 0.162 e. The van der Waals surface area contributed by atoms with Crippen molar-refractivity contribution in [3.63, 3.8) is 0 Å². The molecule has 1 saturated heterocycles. The predicted octanol–water partition coefficient (Wildman–Crippen LogP) is 2.52. The average molecular weight is 487 g/mol. The first-order chi connectivity index (χ1) is 16.3. The molecule has 0 radical (unpaired) electrons. The Balaban J connectivity index is 1.40. The number of carbonyl (C=O) groups excluding carboxylic acids is 1. The number of likely N-dealkylation sites (N-methyl/N-ethyl adjacent to an activating group) is 1. The van der Waals surface area contributed by atoms with E-state index < -0.39 is 16.4 Å². The zero-order valence-electron chi connectivity index (χ0n) is 20.3. The second-order valence-electron chi connectivity index (χ2n) is 9.45. The van der Waals surface area contributed by atoms with E-state index in [0.29, 0.717) is 6.54 Å². The second kappa shape index (κ2) is 13.1. The number of benzene rings is 2. The largest absolute Gasteiger partial charge is 0.389 e. The SMILES string of the molecule is CN1CCN(CCS(=O)(=O)Cc2cccc(CCCCc3ccc(CC(=O)CO)cc3)c2)CC1. The lowest BCUT2D eigenvalue weighted by molar-refractivity contribution is -0.121. The van der Waals surface area contributed by atoms with Crippen LogP contribution in [0.15, 0.2) is 48.5 Å². The van der Waals surface area contributed by atoms with Crippen LogP contribution in [0, 0.1) is 0 Å². The van der Waals surface area contributed by atoms with Gasteiger partial charge in [0.25, 0.3) is 0 Å². The summed E-state index contributed by atoms with van der Waals surface area (Å²) >= 11 is 0. The minimum atomic E-state index is -3.13. The maximum absolute atomic E-state index is 12.7. The number of hydrogen-bond acceptors (Lipinski definition) is 6. The fourth-order valence-corrected chi connectivity index (χ4v) is 5.67. The molecule has 186 valence electrons. The lowest BCUT2D eigenvalue weighted by Gasteiger charge is -2.32. The van der Waals surface area contributed by atoms with Crippen molar-refractivity contribution >= 4 is 15.6 Å². The summed E-state index contributed by atoms with van der Waals surface area (Å²) in [6.45, 7) is 4.09. The molecule has 0 saturated carbocycles. The van der Waals surface area contributed by atoms with Gasteiger partial charge in [-0.15, -0.1) is 0 Å². The number of ketones is 1. The summed E-state index contributed by atoms with van der Waals surface area (Å²) in [5.74, 6) is 0.158. The zero-order valence-corrected chi connectivity index (χ0v) is 21.1. The predicted molar refractivity (Wildman–Crippen MR) is 137 cm³/mol. The molecule has 2 aromatic rings. The summed E-state index contributed by atoms with van der Waals surface area (Å²) < 4.78 is 25.3. The van der Waals surface area contributed by atoms with Gasteiger partial charge in [0.05, 0.1) is 11.5 Å². The Morgan fingerprint density at radius 2 is 1.50 bits per heavy atom. The normalized spacial score (nSPS) is 15.5. The van der Waals surface area contributed by atoms with E-state index in [-0.39, 0.29) is 23.7 Å².